The summed E-state index contributed by atoms with van der Waals surface area (Å²) < 4.78 is 7.74. The van der Waals surface area contributed by atoms with Crippen molar-refractivity contribution in [3.8, 4) is 5.75 Å². The first-order valence-corrected chi connectivity index (χ1v) is 10.4. The van der Waals surface area contributed by atoms with Crippen molar-refractivity contribution in [2.45, 2.75) is 44.8 Å². The van der Waals surface area contributed by atoms with E-state index in [4.69, 9.17) is 4.74 Å². The van der Waals surface area contributed by atoms with Crippen LogP contribution in [0.4, 0.5) is 0 Å². The van der Waals surface area contributed by atoms with Crippen molar-refractivity contribution in [3.05, 3.63) is 41.5 Å². The normalized spacial score (nSPS) is 20.6. The lowest BCUT2D eigenvalue weighted by Gasteiger charge is -2.30. The summed E-state index contributed by atoms with van der Waals surface area (Å²) in [6.45, 7) is 3.49. The van der Waals surface area contributed by atoms with Crippen molar-refractivity contribution in [1.82, 2.24) is 30.3 Å². The average molecular weight is 412 g/mol. The maximum atomic E-state index is 12.1. The second-order valence-electron chi connectivity index (χ2n) is 7.90. The van der Waals surface area contributed by atoms with Crippen molar-refractivity contribution < 1.29 is 9.53 Å². The molecule has 9 heteroatoms. The Balaban J connectivity index is 1.56. The number of aliphatic imine (C=N–C) groups is 1. The largest absolute Gasteiger partial charge is 0.493 e. The molecule has 2 atom stereocenters. The summed E-state index contributed by atoms with van der Waals surface area (Å²) in [6.07, 6.45) is 2.77. The van der Waals surface area contributed by atoms with Crippen LogP contribution in [0, 0.1) is 6.92 Å². The Labute approximate surface area is 176 Å². The Morgan fingerprint density at radius 3 is 2.90 bits per heavy atom. The van der Waals surface area contributed by atoms with Crippen LogP contribution < -0.4 is 15.4 Å². The van der Waals surface area contributed by atoms with E-state index in [0.717, 1.165) is 48.8 Å². The first kappa shape index (κ1) is 20.2. The summed E-state index contributed by atoms with van der Waals surface area (Å²) in [7, 11) is 3.47. The monoisotopic (exact) mass is 411 g/mol. The number of guanidine groups is 1. The Hall–Kier alpha value is -3.10. The Morgan fingerprint density at radius 1 is 1.27 bits per heavy atom. The minimum atomic E-state index is -0.0499. The second-order valence-corrected chi connectivity index (χ2v) is 7.90. The van der Waals surface area contributed by atoms with Crippen LogP contribution in [0.5, 0.6) is 5.75 Å². The number of aryl methyl sites for hydroxylation is 2. The van der Waals surface area contributed by atoms with Gasteiger partial charge in [0.25, 0.3) is 0 Å². The number of aromatic nitrogens is 3. The van der Waals surface area contributed by atoms with Gasteiger partial charge in [-0.05, 0) is 25.8 Å². The summed E-state index contributed by atoms with van der Waals surface area (Å²) in [5, 5.41) is 11.5. The molecule has 0 saturated heterocycles. The second kappa shape index (κ2) is 8.73. The molecule has 0 aliphatic carbocycles. The maximum Gasteiger partial charge on any atom is 0.243 e. The molecular weight excluding hydrogens is 382 g/mol. The number of hydrogen-bond acceptors (Lipinski definition) is 5. The fourth-order valence-electron chi connectivity index (χ4n) is 3.85. The van der Waals surface area contributed by atoms with Gasteiger partial charge in [0, 0.05) is 32.6 Å². The van der Waals surface area contributed by atoms with E-state index >= 15 is 0 Å². The van der Waals surface area contributed by atoms with E-state index in [1.807, 2.05) is 29.8 Å². The molecule has 0 radical (unpaired) electrons. The van der Waals surface area contributed by atoms with Gasteiger partial charge in [0.1, 0.15) is 23.9 Å². The molecule has 2 aliphatic rings. The van der Waals surface area contributed by atoms with Crippen molar-refractivity contribution >= 4 is 11.9 Å². The van der Waals surface area contributed by atoms with Crippen molar-refractivity contribution in [2.75, 3.05) is 27.2 Å². The molecule has 0 spiro atoms. The molecule has 0 fully saturated rings. The lowest BCUT2D eigenvalue weighted by Crippen LogP contribution is -2.44. The molecule has 30 heavy (non-hydrogen) atoms. The number of benzene rings is 1. The Morgan fingerprint density at radius 2 is 2.07 bits per heavy atom. The van der Waals surface area contributed by atoms with Crippen molar-refractivity contribution in [2.24, 2.45) is 4.99 Å². The molecule has 0 bridgehead atoms. The van der Waals surface area contributed by atoms with Crippen LogP contribution in [0.3, 0.4) is 0 Å². The number of fused-ring (bicyclic) bond motifs is 2. The van der Waals surface area contributed by atoms with E-state index in [1.165, 1.54) is 0 Å². The molecule has 2 N–H and O–H groups in total. The van der Waals surface area contributed by atoms with Gasteiger partial charge >= 0.3 is 0 Å². The molecule has 2 aromatic rings. The Kier molecular flexibility index (Phi) is 5.87. The van der Waals surface area contributed by atoms with Crippen LogP contribution in [-0.2, 0) is 11.3 Å². The van der Waals surface area contributed by atoms with E-state index < -0.39 is 0 Å². The molecule has 4 rings (SSSR count). The van der Waals surface area contributed by atoms with Gasteiger partial charge in [-0.2, -0.15) is 5.10 Å². The summed E-state index contributed by atoms with van der Waals surface area (Å²) in [6, 6.07) is 8.08. The number of rotatable bonds is 4. The topological polar surface area (TPSA) is 96.7 Å². The third-order valence-electron chi connectivity index (χ3n) is 5.43. The predicted octanol–water partition coefficient (Wildman–Crippen LogP) is 1.57. The van der Waals surface area contributed by atoms with Crippen LogP contribution in [0.2, 0.25) is 0 Å². The lowest BCUT2D eigenvalue weighted by molar-refractivity contribution is -0.127. The highest BCUT2D eigenvalue weighted by Crippen LogP contribution is 2.31. The van der Waals surface area contributed by atoms with Gasteiger partial charge in [-0.15, -0.1) is 0 Å². The van der Waals surface area contributed by atoms with Gasteiger partial charge in [-0.1, -0.05) is 18.2 Å². The van der Waals surface area contributed by atoms with Gasteiger partial charge < -0.3 is 20.3 Å². The van der Waals surface area contributed by atoms with E-state index in [9.17, 15) is 4.79 Å². The first-order valence-electron chi connectivity index (χ1n) is 10.4. The van der Waals surface area contributed by atoms with Crippen LogP contribution in [-0.4, -0.2) is 58.8 Å². The highest BCUT2D eigenvalue weighted by Gasteiger charge is 2.27. The molecule has 3 heterocycles. The number of nitrogens with one attached hydrogen (secondary N) is 2. The molecule has 0 saturated carbocycles. The minimum Gasteiger partial charge on any atom is -0.493 e. The fourth-order valence-corrected chi connectivity index (χ4v) is 3.85. The maximum absolute atomic E-state index is 12.1. The number of ether oxygens (including phenoxy) is 1. The summed E-state index contributed by atoms with van der Waals surface area (Å²) in [4.78, 5) is 22.9. The average Bonchev–Trinajstić information content (AvgIpc) is 3.13. The Bertz CT molecular complexity index is 937. The third-order valence-corrected chi connectivity index (χ3v) is 5.43. The van der Waals surface area contributed by atoms with Crippen LogP contribution in [0.25, 0.3) is 0 Å². The number of likely N-dealkylation sites (N-methyl/N-ethyl adjacent to an activating group) is 1. The first-order chi connectivity index (χ1) is 14.5. The molecular formula is C21H29N7O2. The predicted molar refractivity (Wildman–Crippen MR) is 113 cm³/mol. The van der Waals surface area contributed by atoms with Gasteiger partial charge in [0.05, 0.1) is 18.7 Å². The number of amides is 1. The number of para-hydroxylation sites is 1. The van der Waals surface area contributed by atoms with Gasteiger partial charge in [0.2, 0.25) is 5.91 Å². The van der Waals surface area contributed by atoms with Crippen molar-refractivity contribution in [3.63, 3.8) is 0 Å². The standard InChI is InChI=1S/C21H29N7O2/c1-14-23-20-17(8-6-11-28(20)26-14)25-21(22-13-19(29)27(2)3)24-16-10-12-30-18-9-5-4-7-15(16)18/h4-5,7,9,16-17H,6,8,10-13H2,1-3H3,(H2,22,24,25). The summed E-state index contributed by atoms with van der Waals surface area (Å²) in [5.74, 6) is 3.13. The smallest absolute Gasteiger partial charge is 0.243 e. The van der Waals surface area contributed by atoms with E-state index in [0.29, 0.717) is 12.6 Å². The SMILES string of the molecule is Cc1nc2n(n1)CCCC2NC(=NCC(=O)N(C)C)NC1CCOc2ccccc21. The number of hydrogen-bond donors (Lipinski definition) is 2. The van der Waals surface area contributed by atoms with Crippen LogP contribution in [0.1, 0.15) is 48.6 Å². The zero-order valence-electron chi connectivity index (χ0n) is 17.8. The van der Waals surface area contributed by atoms with Gasteiger partial charge in [-0.3, -0.25) is 4.79 Å². The lowest BCUT2D eigenvalue weighted by atomic mass is 10.0. The molecule has 1 amide bonds. The number of nitrogens with zero attached hydrogens (tertiary/aromatic N) is 5. The van der Waals surface area contributed by atoms with E-state index in [-0.39, 0.29) is 24.5 Å². The van der Waals surface area contributed by atoms with Crippen LogP contribution >= 0.6 is 0 Å². The molecule has 1 aromatic heterocycles. The minimum absolute atomic E-state index is 0.00394. The van der Waals surface area contributed by atoms with Gasteiger partial charge in [-0.25, -0.2) is 14.7 Å². The fraction of sp³-hybridized carbons (Fsp3) is 0.524. The zero-order chi connectivity index (χ0) is 21.1. The zero-order valence-corrected chi connectivity index (χ0v) is 17.8. The van der Waals surface area contributed by atoms with E-state index in [2.05, 4.69) is 31.8 Å². The number of carbonyl (C=O) groups is 1. The molecule has 2 aliphatic heterocycles. The quantitative estimate of drug-likeness (QED) is 0.586. The van der Waals surface area contributed by atoms with Crippen molar-refractivity contribution in [1.29, 1.82) is 0 Å². The summed E-state index contributed by atoms with van der Waals surface area (Å²) in [5.41, 5.74) is 1.10. The van der Waals surface area contributed by atoms with Gasteiger partial charge in [0.15, 0.2) is 5.96 Å². The molecule has 1 aromatic carbocycles. The molecule has 9 nitrogen and oxygen atoms in total. The molecule has 2 unspecified atom stereocenters. The third kappa shape index (κ3) is 4.39. The van der Waals surface area contributed by atoms with Crippen LogP contribution in [0.15, 0.2) is 29.3 Å². The molecule has 160 valence electrons. The summed E-state index contributed by atoms with van der Waals surface area (Å²) >= 11 is 0. The highest BCUT2D eigenvalue weighted by atomic mass is 16.5. The number of carbonyl (C=O) groups excluding carboxylic acids is 1. The highest BCUT2D eigenvalue weighted by molar-refractivity contribution is 5.85. The van der Waals surface area contributed by atoms with E-state index in [1.54, 1.807) is 19.0 Å².